The van der Waals surface area contributed by atoms with Gasteiger partial charge in [-0.15, -0.1) is 0 Å². The molecule has 8 nitrogen and oxygen atoms in total. The summed E-state index contributed by atoms with van der Waals surface area (Å²) in [5.41, 5.74) is 11.7. The van der Waals surface area contributed by atoms with Crippen LogP contribution in [0.4, 0.5) is 28.9 Å². The predicted molar refractivity (Wildman–Crippen MR) is 174 cm³/mol. The first-order chi connectivity index (χ1) is 23.3. The van der Waals surface area contributed by atoms with Gasteiger partial charge in [-0.2, -0.15) is 10.5 Å². The van der Waals surface area contributed by atoms with E-state index >= 15 is 0 Å². The second-order valence-electron chi connectivity index (χ2n) is 12.0. The third-order valence-corrected chi connectivity index (χ3v) is 8.50. The largest absolute Gasteiger partial charge is 0.492 e. The molecule has 250 valence electrons. The molecule has 0 aromatic heterocycles. The van der Waals surface area contributed by atoms with Crippen molar-refractivity contribution < 1.29 is 36.6 Å². The van der Waals surface area contributed by atoms with E-state index < -0.39 is 17.9 Å². The molecule has 0 spiro atoms. The van der Waals surface area contributed by atoms with Crippen LogP contribution in [-0.2, 0) is 34.2 Å². The third kappa shape index (κ3) is 6.73. The Labute approximate surface area is 279 Å². The fourth-order valence-electron chi connectivity index (χ4n) is 5.87. The molecule has 0 saturated carbocycles. The molecule has 3 aliphatic rings. The van der Waals surface area contributed by atoms with Crippen LogP contribution in [0.5, 0.6) is 11.5 Å². The minimum Gasteiger partial charge on any atom is -0.492 e. The summed E-state index contributed by atoms with van der Waals surface area (Å²) in [4.78, 5) is 12.1. The number of nitriles is 2. The third-order valence-electron chi connectivity index (χ3n) is 8.50. The van der Waals surface area contributed by atoms with Crippen LogP contribution in [0.1, 0.15) is 47.2 Å². The van der Waals surface area contributed by atoms with Gasteiger partial charge in [-0.3, -0.25) is 4.79 Å². The molecule has 4 aromatic rings. The number of carbonyl (C=O) groups excluding carboxylic acids is 1. The number of ether oxygens (including phenoxy) is 3. The molecular formula is C37H30F4N4O4. The Morgan fingerprint density at radius 3 is 1.67 bits per heavy atom. The summed E-state index contributed by atoms with van der Waals surface area (Å²) in [7, 11) is 0. The van der Waals surface area contributed by atoms with Gasteiger partial charge >= 0.3 is 0 Å². The zero-order valence-electron chi connectivity index (χ0n) is 26.5. The van der Waals surface area contributed by atoms with Crippen LogP contribution in [0.2, 0.25) is 0 Å². The van der Waals surface area contributed by atoms with E-state index in [2.05, 4.69) is 17.5 Å². The van der Waals surface area contributed by atoms with Gasteiger partial charge < -0.3 is 25.3 Å². The van der Waals surface area contributed by atoms with E-state index in [1.807, 2.05) is 0 Å². The monoisotopic (exact) mass is 670 g/mol. The maximum Gasteiger partial charge on any atom is 0.270 e. The summed E-state index contributed by atoms with van der Waals surface area (Å²) in [5, 5.41) is 21.5. The second kappa shape index (κ2) is 12.8. The first-order valence-corrected chi connectivity index (χ1v) is 15.4. The van der Waals surface area contributed by atoms with Crippen LogP contribution in [0.15, 0.2) is 60.7 Å². The lowest BCUT2D eigenvalue weighted by molar-refractivity contribution is -0.117. The molecule has 12 heteroatoms. The predicted octanol–water partition coefficient (Wildman–Crippen LogP) is 7.46. The number of anilines is 2. The fourth-order valence-corrected chi connectivity index (χ4v) is 5.87. The topological polar surface area (TPSA) is 134 Å². The number of nitrogen functional groups attached to an aromatic ring is 1. The molecule has 0 bridgehead atoms. The highest BCUT2D eigenvalue weighted by atomic mass is 19.3. The molecular weight excluding hydrogens is 640 g/mol. The minimum atomic E-state index is -2.93. The minimum absolute atomic E-state index is 0.0459. The summed E-state index contributed by atoms with van der Waals surface area (Å²) in [5.74, 6) is -4.92. The van der Waals surface area contributed by atoms with Crippen molar-refractivity contribution in [3.63, 3.8) is 0 Å². The van der Waals surface area contributed by atoms with Crippen LogP contribution in [-0.4, -0.2) is 31.8 Å². The number of hydrogen-bond donors (Lipinski definition) is 2. The number of nitrogens with two attached hydrogens (primary N) is 1. The van der Waals surface area contributed by atoms with Crippen LogP contribution in [0.25, 0.3) is 22.3 Å². The van der Waals surface area contributed by atoms with Gasteiger partial charge in [0.1, 0.15) is 23.6 Å². The van der Waals surface area contributed by atoms with Crippen LogP contribution >= 0.6 is 0 Å². The quantitative estimate of drug-likeness (QED) is 0.124. The van der Waals surface area contributed by atoms with Crippen LogP contribution in [0.3, 0.4) is 0 Å². The van der Waals surface area contributed by atoms with Crippen molar-refractivity contribution in [3.8, 4) is 45.9 Å². The molecule has 49 heavy (non-hydrogen) atoms. The molecule has 3 aliphatic heterocycles. The number of fused-ring (bicyclic) bond motifs is 2. The lowest BCUT2D eigenvalue weighted by atomic mass is 9.94. The van der Waals surface area contributed by atoms with E-state index in [0.29, 0.717) is 83.4 Å². The smallest absolute Gasteiger partial charge is 0.270 e. The highest BCUT2D eigenvalue weighted by Gasteiger charge is 2.33. The molecule has 0 radical (unpaired) electrons. The summed E-state index contributed by atoms with van der Waals surface area (Å²) in [6.07, 6.45) is 0.678. The number of hydrogen-bond acceptors (Lipinski definition) is 7. The second-order valence-corrected chi connectivity index (χ2v) is 12.0. The van der Waals surface area contributed by atoms with Crippen molar-refractivity contribution in [2.24, 2.45) is 0 Å². The van der Waals surface area contributed by atoms with Gasteiger partial charge in [0.15, 0.2) is 6.10 Å². The Morgan fingerprint density at radius 2 is 1.24 bits per heavy atom. The number of halogens is 4. The number of rotatable bonds is 6. The maximum absolute atomic E-state index is 13.5. The Morgan fingerprint density at radius 1 is 0.796 bits per heavy atom. The molecule has 3 N–H and O–H groups in total. The number of benzene rings is 4. The van der Waals surface area contributed by atoms with E-state index in [1.54, 1.807) is 36.4 Å². The van der Waals surface area contributed by atoms with Crippen molar-refractivity contribution in [2.75, 3.05) is 30.9 Å². The number of alkyl halides is 4. The number of carbonyl (C=O) groups is 1. The van der Waals surface area contributed by atoms with E-state index in [9.17, 15) is 32.9 Å². The number of epoxide rings is 1. The average molecular weight is 671 g/mol. The van der Waals surface area contributed by atoms with Gasteiger partial charge in [-0.1, -0.05) is 48.5 Å². The number of nitrogens with one attached hydrogen (secondary N) is 1. The van der Waals surface area contributed by atoms with Gasteiger partial charge in [0, 0.05) is 60.1 Å². The Balaban J connectivity index is 0.000000174. The maximum atomic E-state index is 13.5. The summed E-state index contributed by atoms with van der Waals surface area (Å²) < 4.78 is 69.8. The molecule has 0 aliphatic carbocycles. The molecule has 1 saturated heterocycles. The summed E-state index contributed by atoms with van der Waals surface area (Å²) in [6, 6.07) is 19.5. The molecule has 4 aromatic carbocycles. The van der Waals surface area contributed by atoms with Crippen molar-refractivity contribution >= 4 is 17.3 Å². The highest BCUT2D eigenvalue weighted by molar-refractivity contribution is 5.98. The first-order valence-electron chi connectivity index (χ1n) is 15.4. The number of amides is 1. The summed E-state index contributed by atoms with van der Waals surface area (Å²) in [6.45, 7) is 2.98. The number of nitrogens with zero attached hydrogens (tertiary/aromatic N) is 2. The van der Waals surface area contributed by atoms with E-state index in [1.165, 1.54) is 24.3 Å². The van der Waals surface area contributed by atoms with Crippen molar-refractivity contribution in [1.29, 1.82) is 10.5 Å². The van der Waals surface area contributed by atoms with Crippen LogP contribution in [0, 0.1) is 22.7 Å². The highest BCUT2D eigenvalue weighted by Crippen LogP contribution is 2.44. The van der Waals surface area contributed by atoms with Gasteiger partial charge in [-0.05, 0) is 23.3 Å². The van der Waals surface area contributed by atoms with Gasteiger partial charge in [0.05, 0.1) is 42.3 Å². The van der Waals surface area contributed by atoms with Crippen LogP contribution < -0.4 is 20.5 Å². The Hall–Kier alpha value is -5.59. The van der Waals surface area contributed by atoms with E-state index in [0.717, 1.165) is 30.5 Å². The SMILES string of the molecule is CC(F)(F)c1ccc(-c2cc(N)c(C#N)c3c2OCC3)cc1.CC(F)(F)c1ccc(-c2cc(NC(=O)[C@H]3CO3)c(C#N)c3c2OCC3)cc1. The fraction of sp³-hybridized carbons (Fsp3) is 0.270. The van der Waals surface area contributed by atoms with E-state index in [-0.39, 0.29) is 17.0 Å². The zero-order valence-corrected chi connectivity index (χ0v) is 26.5. The molecule has 1 atom stereocenters. The summed E-state index contributed by atoms with van der Waals surface area (Å²) >= 11 is 0. The van der Waals surface area contributed by atoms with Gasteiger partial charge in [0.25, 0.3) is 17.8 Å². The zero-order chi connectivity index (χ0) is 35.1. The molecule has 1 amide bonds. The normalized spacial score (nSPS) is 15.7. The lowest BCUT2D eigenvalue weighted by Crippen LogP contribution is -2.19. The molecule has 0 unspecified atom stereocenters. The molecule has 1 fully saturated rings. The van der Waals surface area contributed by atoms with Crippen molar-refractivity contribution in [1.82, 2.24) is 0 Å². The van der Waals surface area contributed by atoms with Crippen molar-refractivity contribution in [3.05, 3.63) is 94.0 Å². The lowest BCUT2D eigenvalue weighted by Gasteiger charge is -2.15. The molecule has 7 rings (SSSR count). The van der Waals surface area contributed by atoms with Gasteiger partial charge in [0.2, 0.25) is 0 Å². The van der Waals surface area contributed by atoms with Crippen molar-refractivity contribution in [2.45, 2.75) is 44.6 Å². The van der Waals surface area contributed by atoms with E-state index in [4.69, 9.17) is 19.9 Å². The van der Waals surface area contributed by atoms with Gasteiger partial charge in [-0.25, -0.2) is 17.6 Å². The Kier molecular flexibility index (Phi) is 8.70. The standard InChI is InChI=1S/C20H16F2N2O3.C17H14F2N2O/c1-20(21,22)12-4-2-11(3-5-12)14-8-16(24-19(25)17-10-27-17)15(9-23)13-6-7-26-18(13)14;1-17(18,19)11-4-2-10(3-5-11)13-8-15(21)14(9-20)12-6-7-22-16(12)13/h2-5,8,17H,6-7,10H2,1H3,(H,24,25);2-5,8H,6-7,21H2,1H3/t17-;/m1./s1. The molecule has 3 heterocycles. The Bertz CT molecular complexity index is 2020. The average Bonchev–Trinajstić information content (AvgIpc) is 3.61. The first kappa shape index (κ1) is 33.3.